The zero-order chi connectivity index (χ0) is 11.1. The van der Waals surface area contributed by atoms with E-state index in [0.717, 1.165) is 25.1 Å². The van der Waals surface area contributed by atoms with Crippen LogP contribution in [0.4, 0.5) is 5.69 Å². The summed E-state index contributed by atoms with van der Waals surface area (Å²) < 4.78 is 0. The van der Waals surface area contributed by atoms with Crippen molar-refractivity contribution in [3.8, 4) is 0 Å². The average molecular weight is 208 g/mol. The van der Waals surface area contributed by atoms with Gasteiger partial charge in [0.25, 0.3) is 0 Å². The van der Waals surface area contributed by atoms with Gasteiger partial charge >= 0.3 is 0 Å². The van der Waals surface area contributed by atoms with Gasteiger partial charge in [-0.3, -0.25) is 4.98 Å². The summed E-state index contributed by atoms with van der Waals surface area (Å²) in [5, 5.41) is 12.7. The van der Waals surface area contributed by atoms with Crippen molar-refractivity contribution in [2.24, 2.45) is 5.41 Å². The lowest BCUT2D eigenvalue weighted by molar-refractivity contribution is 0.127. The van der Waals surface area contributed by atoms with Crippen LogP contribution in [0, 0.1) is 5.41 Å². The van der Waals surface area contributed by atoms with Crippen LogP contribution in [-0.2, 0) is 0 Å². The molecule has 1 aromatic rings. The van der Waals surface area contributed by atoms with Crippen molar-refractivity contribution in [3.63, 3.8) is 0 Å². The molecule has 0 saturated heterocycles. The number of aliphatic hydroxyl groups excluding tert-OH is 1. The topological polar surface area (TPSA) is 45.1 Å². The fourth-order valence-corrected chi connectivity index (χ4v) is 1.54. The van der Waals surface area contributed by atoms with Crippen molar-refractivity contribution in [1.82, 2.24) is 4.98 Å². The van der Waals surface area contributed by atoms with Gasteiger partial charge in [0, 0.05) is 30.0 Å². The minimum Gasteiger partial charge on any atom is -0.396 e. The molecule has 0 bridgehead atoms. The highest BCUT2D eigenvalue weighted by Gasteiger charge is 2.24. The molecule has 15 heavy (non-hydrogen) atoms. The number of aliphatic hydroxyl groups is 1. The third-order valence-electron chi connectivity index (χ3n) is 3.18. The van der Waals surface area contributed by atoms with E-state index in [1.54, 1.807) is 12.4 Å². The summed E-state index contributed by atoms with van der Waals surface area (Å²) in [5.74, 6) is 0. The number of aromatic nitrogens is 1. The van der Waals surface area contributed by atoms with Crippen LogP contribution in [-0.4, -0.2) is 23.2 Å². The van der Waals surface area contributed by atoms with Gasteiger partial charge in [0.2, 0.25) is 0 Å². The summed E-state index contributed by atoms with van der Waals surface area (Å²) in [5.41, 5.74) is 1.06. The molecule has 0 unspecified atom stereocenters. The normalized spacial score (nSPS) is 11.4. The molecule has 0 atom stereocenters. The first-order valence-electron chi connectivity index (χ1n) is 5.51. The van der Waals surface area contributed by atoms with Crippen LogP contribution in [0.3, 0.4) is 0 Å². The maximum atomic E-state index is 9.40. The highest BCUT2D eigenvalue weighted by atomic mass is 16.3. The molecule has 0 aliphatic heterocycles. The van der Waals surface area contributed by atoms with E-state index in [1.165, 1.54) is 0 Å². The second-order valence-electron chi connectivity index (χ2n) is 3.95. The molecule has 0 aliphatic carbocycles. The Morgan fingerprint density at radius 1 is 1.27 bits per heavy atom. The molecule has 0 amide bonds. The second-order valence-corrected chi connectivity index (χ2v) is 3.95. The minimum atomic E-state index is 0.00324. The van der Waals surface area contributed by atoms with Crippen LogP contribution in [0.2, 0.25) is 0 Å². The molecular formula is C12H20N2O. The SMILES string of the molecule is CCC(CC)(CO)CNc1ccncc1. The van der Waals surface area contributed by atoms with Gasteiger partial charge in [-0.2, -0.15) is 0 Å². The molecule has 0 spiro atoms. The average Bonchev–Trinajstić information content (AvgIpc) is 2.33. The fourth-order valence-electron chi connectivity index (χ4n) is 1.54. The molecule has 3 nitrogen and oxygen atoms in total. The number of pyridine rings is 1. The summed E-state index contributed by atoms with van der Waals surface area (Å²) in [6, 6.07) is 3.88. The van der Waals surface area contributed by atoms with Crippen molar-refractivity contribution in [3.05, 3.63) is 24.5 Å². The van der Waals surface area contributed by atoms with E-state index in [4.69, 9.17) is 0 Å². The van der Waals surface area contributed by atoms with Crippen molar-refractivity contribution in [1.29, 1.82) is 0 Å². The number of anilines is 1. The summed E-state index contributed by atoms with van der Waals surface area (Å²) in [6.07, 6.45) is 5.50. The third kappa shape index (κ3) is 3.20. The van der Waals surface area contributed by atoms with Gasteiger partial charge < -0.3 is 10.4 Å². The number of hydrogen-bond donors (Lipinski definition) is 2. The first-order chi connectivity index (χ1) is 7.26. The largest absolute Gasteiger partial charge is 0.396 e. The lowest BCUT2D eigenvalue weighted by atomic mass is 9.83. The van der Waals surface area contributed by atoms with Gasteiger partial charge in [-0.05, 0) is 25.0 Å². The summed E-state index contributed by atoms with van der Waals surface area (Å²) >= 11 is 0. The first-order valence-corrected chi connectivity index (χ1v) is 5.51. The monoisotopic (exact) mass is 208 g/mol. The Hall–Kier alpha value is -1.09. The number of rotatable bonds is 6. The third-order valence-corrected chi connectivity index (χ3v) is 3.18. The molecule has 0 saturated carbocycles. The highest BCUT2D eigenvalue weighted by Crippen LogP contribution is 2.25. The van der Waals surface area contributed by atoms with E-state index in [1.807, 2.05) is 12.1 Å². The molecular weight excluding hydrogens is 188 g/mol. The van der Waals surface area contributed by atoms with E-state index in [-0.39, 0.29) is 12.0 Å². The maximum absolute atomic E-state index is 9.40. The molecule has 3 heteroatoms. The lowest BCUT2D eigenvalue weighted by Gasteiger charge is -2.29. The Bertz CT molecular complexity index is 262. The maximum Gasteiger partial charge on any atom is 0.0504 e. The van der Waals surface area contributed by atoms with Crippen molar-refractivity contribution >= 4 is 5.69 Å². The zero-order valence-corrected chi connectivity index (χ0v) is 9.53. The van der Waals surface area contributed by atoms with Crippen LogP contribution >= 0.6 is 0 Å². The van der Waals surface area contributed by atoms with E-state index >= 15 is 0 Å². The van der Waals surface area contributed by atoms with Gasteiger partial charge in [0.1, 0.15) is 0 Å². The Balaban J connectivity index is 2.54. The Morgan fingerprint density at radius 3 is 2.33 bits per heavy atom. The van der Waals surface area contributed by atoms with Crippen LogP contribution in [0.25, 0.3) is 0 Å². The Labute approximate surface area is 91.5 Å². The van der Waals surface area contributed by atoms with E-state index in [2.05, 4.69) is 24.1 Å². The number of nitrogens with one attached hydrogen (secondary N) is 1. The van der Waals surface area contributed by atoms with Gasteiger partial charge in [-0.25, -0.2) is 0 Å². The zero-order valence-electron chi connectivity index (χ0n) is 9.53. The molecule has 0 aromatic carbocycles. The van der Waals surface area contributed by atoms with Crippen LogP contribution < -0.4 is 5.32 Å². The van der Waals surface area contributed by atoms with Crippen LogP contribution in [0.1, 0.15) is 26.7 Å². The summed E-state index contributed by atoms with van der Waals surface area (Å²) in [6.45, 7) is 5.28. The summed E-state index contributed by atoms with van der Waals surface area (Å²) in [7, 11) is 0. The lowest BCUT2D eigenvalue weighted by Crippen LogP contribution is -2.32. The van der Waals surface area contributed by atoms with Gasteiger partial charge in [0.15, 0.2) is 0 Å². The van der Waals surface area contributed by atoms with Crippen molar-refractivity contribution < 1.29 is 5.11 Å². The number of nitrogens with zero attached hydrogens (tertiary/aromatic N) is 1. The van der Waals surface area contributed by atoms with Crippen molar-refractivity contribution in [2.45, 2.75) is 26.7 Å². The van der Waals surface area contributed by atoms with Crippen molar-refractivity contribution in [2.75, 3.05) is 18.5 Å². The molecule has 2 N–H and O–H groups in total. The Kier molecular flexibility index (Phi) is 4.56. The van der Waals surface area contributed by atoms with E-state index < -0.39 is 0 Å². The molecule has 84 valence electrons. The van der Waals surface area contributed by atoms with Gasteiger partial charge in [-0.15, -0.1) is 0 Å². The molecule has 1 rings (SSSR count). The van der Waals surface area contributed by atoms with Gasteiger partial charge in [-0.1, -0.05) is 13.8 Å². The van der Waals surface area contributed by atoms with Gasteiger partial charge in [0.05, 0.1) is 6.61 Å². The second kappa shape index (κ2) is 5.71. The van der Waals surface area contributed by atoms with Crippen LogP contribution in [0.5, 0.6) is 0 Å². The highest BCUT2D eigenvalue weighted by molar-refractivity contribution is 5.40. The molecule has 1 aromatic heterocycles. The van der Waals surface area contributed by atoms with E-state index in [0.29, 0.717) is 0 Å². The summed E-state index contributed by atoms with van der Waals surface area (Å²) in [4.78, 5) is 3.96. The quantitative estimate of drug-likeness (QED) is 0.754. The molecule has 0 aliphatic rings. The standard InChI is InChI=1S/C12H20N2O/c1-3-12(4-2,10-15)9-14-11-5-7-13-8-6-11/h5-8,15H,3-4,9-10H2,1-2H3,(H,13,14). The fraction of sp³-hybridized carbons (Fsp3) is 0.583. The Morgan fingerprint density at radius 2 is 1.87 bits per heavy atom. The molecule has 0 fully saturated rings. The molecule has 1 heterocycles. The number of hydrogen-bond acceptors (Lipinski definition) is 3. The van der Waals surface area contributed by atoms with E-state index in [9.17, 15) is 5.11 Å². The first kappa shape index (κ1) is 12.0. The smallest absolute Gasteiger partial charge is 0.0504 e. The predicted molar refractivity (Wildman–Crippen MR) is 62.8 cm³/mol. The van der Waals surface area contributed by atoms with Crippen LogP contribution in [0.15, 0.2) is 24.5 Å². The molecule has 0 radical (unpaired) electrons. The predicted octanol–water partition coefficient (Wildman–Crippen LogP) is 2.29. The minimum absolute atomic E-state index is 0.00324.